The highest BCUT2D eigenvalue weighted by molar-refractivity contribution is 7.15. The molecule has 0 saturated heterocycles. The molecule has 0 spiro atoms. The number of aromatic nitrogens is 3. The molecule has 0 bridgehead atoms. The second-order valence-corrected chi connectivity index (χ2v) is 7.21. The lowest BCUT2D eigenvalue weighted by Crippen LogP contribution is -2.14. The molecule has 136 valence electrons. The van der Waals surface area contributed by atoms with Crippen molar-refractivity contribution in [2.45, 2.75) is 0 Å². The van der Waals surface area contributed by atoms with Crippen LogP contribution in [0.5, 0.6) is 5.75 Å². The van der Waals surface area contributed by atoms with Crippen molar-refractivity contribution in [1.82, 2.24) is 14.6 Å². The number of benzene rings is 2. The number of thiazole rings is 1. The highest BCUT2D eigenvalue weighted by atomic mass is 35.5. The number of hydrogen-bond acceptors (Lipinski definition) is 5. The minimum Gasteiger partial charge on any atom is -0.496 e. The Morgan fingerprint density at radius 1 is 1.22 bits per heavy atom. The van der Waals surface area contributed by atoms with E-state index in [-0.39, 0.29) is 11.9 Å². The number of halogens is 2. The molecular formula is C18H12Cl2N4O2S. The highest BCUT2D eigenvalue weighted by Gasteiger charge is 2.17. The largest absolute Gasteiger partial charge is 0.496 e. The zero-order chi connectivity index (χ0) is 19.0. The maximum absolute atomic E-state index is 12.5. The Labute approximate surface area is 168 Å². The summed E-state index contributed by atoms with van der Waals surface area (Å²) >= 11 is 13.8. The Morgan fingerprint density at radius 3 is 2.85 bits per heavy atom. The van der Waals surface area contributed by atoms with Crippen molar-refractivity contribution >= 4 is 51.4 Å². The average molecular weight is 419 g/mol. The van der Waals surface area contributed by atoms with Crippen LogP contribution in [-0.4, -0.2) is 27.6 Å². The van der Waals surface area contributed by atoms with E-state index in [0.717, 1.165) is 11.3 Å². The fraction of sp³-hybridized carbons (Fsp3) is 0.0556. The van der Waals surface area contributed by atoms with E-state index in [1.54, 1.807) is 47.0 Å². The minimum absolute atomic E-state index is 0.192. The van der Waals surface area contributed by atoms with Gasteiger partial charge in [-0.05, 0) is 30.3 Å². The smallest absolute Gasteiger partial charge is 0.261 e. The molecule has 0 radical (unpaired) electrons. The molecule has 0 aliphatic rings. The molecule has 4 aromatic rings. The molecule has 0 atom stereocenters. The van der Waals surface area contributed by atoms with Crippen molar-refractivity contribution in [1.29, 1.82) is 0 Å². The number of hydrogen-bond donors (Lipinski definition) is 1. The molecule has 6 nitrogen and oxygen atoms in total. The van der Waals surface area contributed by atoms with Gasteiger partial charge in [-0.1, -0.05) is 35.3 Å². The monoisotopic (exact) mass is 418 g/mol. The number of anilines is 1. The summed E-state index contributed by atoms with van der Waals surface area (Å²) in [6.07, 6.45) is 0. The van der Waals surface area contributed by atoms with Crippen LogP contribution in [0.1, 0.15) is 10.4 Å². The van der Waals surface area contributed by atoms with Gasteiger partial charge in [0.05, 0.1) is 23.4 Å². The maximum atomic E-state index is 12.5. The third-order valence-corrected chi connectivity index (χ3v) is 5.24. The molecule has 2 aromatic carbocycles. The quantitative estimate of drug-likeness (QED) is 0.504. The first kappa shape index (κ1) is 17.8. The molecule has 0 aliphatic carbocycles. The van der Waals surface area contributed by atoms with E-state index < -0.39 is 0 Å². The number of fused-ring (bicyclic) bond motifs is 1. The van der Waals surface area contributed by atoms with Gasteiger partial charge >= 0.3 is 0 Å². The minimum atomic E-state index is -0.354. The van der Waals surface area contributed by atoms with Crippen LogP contribution < -0.4 is 10.1 Å². The van der Waals surface area contributed by atoms with Gasteiger partial charge in [-0.3, -0.25) is 10.1 Å². The summed E-state index contributed by atoms with van der Waals surface area (Å²) in [5, 5.41) is 10.1. The Bertz CT molecular complexity index is 1160. The number of rotatable bonds is 4. The Kier molecular flexibility index (Phi) is 4.73. The van der Waals surface area contributed by atoms with Gasteiger partial charge in [-0.2, -0.15) is 4.98 Å². The summed E-state index contributed by atoms with van der Waals surface area (Å²) < 4.78 is 6.84. The molecule has 0 fully saturated rings. The molecular weight excluding hydrogens is 407 g/mol. The molecule has 9 heteroatoms. The SMILES string of the molecule is COc1ccccc1C(=O)Nc1nc2scc(-c3cc(Cl)ccc3Cl)n2n1. The summed E-state index contributed by atoms with van der Waals surface area (Å²) in [4.78, 5) is 17.5. The van der Waals surface area contributed by atoms with E-state index in [9.17, 15) is 4.79 Å². The van der Waals surface area contributed by atoms with Crippen molar-refractivity contribution < 1.29 is 9.53 Å². The van der Waals surface area contributed by atoms with Crippen LogP contribution >= 0.6 is 34.5 Å². The van der Waals surface area contributed by atoms with E-state index in [2.05, 4.69) is 15.4 Å². The topological polar surface area (TPSA) is 68.5 Å². The van der Waals surface area contributed by atoms with Crippen LogP contribution in [0.25, 0.3) is 16.2 Å². The summed E-state index contributed by atoms with van der Waals surface area (Å²) in [5.74, 6) is 0.313. The first-order valence-corrected chi connectivity index (χ1v) is 9.44. The number of amides is 1. The number of para-hydroxylation sites is 1. The molecule has 2 heterocycles. The van der Waals surface area contributed by atoms with Crippen molar-refractivity contribution in [3.05, 3.63) is 63.5 Å². The van der Waals surface area contributed by atoms with Gasteiger partial charge in [0.1, 0.15) is 5.75 Å². The Hall–Kier alpha value is -2.61. The third-order valence-electron chi connectivity index (χ3n) is 3.86. The fourth-order valence-corrected chi connectivity index (χ4v) is 3.82. The predicted octanol–water partition coefficient (Wildman–Crippen LogP) is 5.03. The zero-order valence-electron chi connectivity index (χ0n) is 13.9. The number of carbonyl (C=O) groups excluding carboxylic acids is 1. The van der Waals surface area contributed by atoms with Crippen molar-refractivity contribution in [2.75, 3.05) is 12.4 Å². The number of ether oxygens (including phenoxy) is 1. The Balaban J connectivity index is 1.68. The molecule has 1 amide bonds. The van der Waals surface area contributed by atoms with Crippen LogP contribution in [0, 0.1) is 0 Å². The zero-order valence-corrected chi connectivity index (χ0v) is 16.3. The number of nitrogens with zero attached hydrogens (tertiary/aromatic N) is 3. The lowest BCUT2D eigenvalue weighted by atomic mass is 10.2. The van der Waals surface area contributed by atoms with Gasteiger partial charge in [0.25, 0.3) is 11.9 Å². The predicted molar refractivity (Wildman–Crippen MR) is 107 cm³/mol. The molecule has 0 saturated carbocycles. The molecule has 2 aromatic heterocycles. The standard InChI is InChI=1S/C18H12Cl2N4O2S/c1-26-15-5-3-2-4-11(15)16(25)21-17-22-18-24(23-17)14(9-27-18)12-8-10(19)6-7-13(12)20/h2-9H,1H3,(H,21,23,25). The fourth-order valence-electron chi connectivity index (χ4n) is 2.61. The van der Waals surface area contributed by atoms with Crippen LogP contribution in [0.2, 0.25) is 10.0 Å². The summed E-state index contributed by atoms with van der Waals surface area (Å²) in [7, 11) is 1.51. The molecule has 0 unspecified atom stereocenters. The third kappa shape index (κ3) is 3.37. The lowest BCUT2D eigenvalue weighted by Gasteiger charge is -2.06. The van der Waals surface area contributed by atoms with E-state index in [4.69, 9.17) is 27.9 Å². The normalized spacial score (nSPS) is 10.9. The lowest BCUT2D eigenvalue weighted by molar-refractivity contribution is 0.102. The first-order chi connectivity index (χ1) is 13.1. The number of methoxy groups -OCH3 is 1. The average Bonchev–Trinajstić information content (AvgIpc) is 3.23. The van der Waals surface area contributed by atoms with Gasteiger partial charge in [0.15, 0.2) is 0 Å². The molecule has 4 rings (SSSR count). The van der Waals surface area contributed by atoms with Gasteiger partial charge < -0.3 is 4.74 Å². The van der Waals surface area contributed by atoms with Crippen LogP contribution in [0.4, 0.5) is 5.95 Å². The van der Waals surface area contributed by atoms with Crippen LogP contribution in [0.15, 0.2) is 47.8 Å². The van der Waals surface area contributed by atoms with Crippen LogP contribution in [-0.2, 0) is 0 Å². The van der Waals surface area contributed by atoms with Gasteiger partial charge in [-0.25, -0.2) is 4.52 Å². The van der Waals surface area contributed by atoms with E-state index in [1.807, 2.05) is 5.38 Å². The van der Waals surface area contributed by atoms with Gasteiger partial charge in [0, 0.05) is 16.0 Å². The number of nitrogens with one attached hydrogen (secondary N) is 1. The van der Waals surface area contributed by atoms with E-state index in [1.165, 1.54) is 18.4 Å². The van der Waals surface area contributed by atoms with Gasteiger partial charge in [-0.15, -0.1) is 16.4 Å². The van der Waals surface area contributed by atoms with Crippen molar-refractivity contribution in [2.24, 2.45) is 0 Å². The molecule has 0 aliphatic heterocycles. The summed E-state index contributed by atoms with van der Waals surface area (Å²) in [6.45, 7) is 0. The first-order valence-electron chi connectivity index (χ1n) is 7.81. The molecule has 1 N–H and O–H groups in total. The second-order valence-electron chi connectivity index (χ2n) is 5.53. The summed E-state index contributed by atoms with van der Waals surface area (Å²) in [6, 6.07) is 12.1. The van der Waals surface area contributed by atoms with Crippen molar-refractivity contribution in [3.8, 4) is 17.0 Å². The summed E-state index contributed by atoms with van der Waals surface area (Å²) in [5.41, 5.74) is 1.88. The van der Waals surface area contributed by atoms with Gasteiger partial charge in [0.2, 0.25) is 4.96 Å². The highest BCUT2D eigenvalue weighted by Crippen LogP contribution is 2.33. The number of carbonyl (C=O) groups is 1. The van der Waals surface area contributed by atoms with Crippen LogP contribution in [0.3, 0.4) is 0 Å². The maximum Gasteiger partial charge on any atom is 0.261 e. The van der Waals surface area contributed by atoms with E-state index >= 15 is 0 Å². The molecule has 27 heavy (non-hydrogen) atoms. The van der Waals surface area contributed by atoms with Crippen molar-refractivity contribution in [3.63, 3.8) is 0 Å². The van der Waals surface area contributed by atoms with E-state index in [0.29, 0.717) is 26.3 Å². The second kappa shape index (κ2) is 7.19. The Morgan fingerprint density at radius 2 is 2.04 bits per heavy atom.